The van der Waals surface area contributed by atoms with Crippen molar-refractivity contribution < 1.29 is 63.0 Å². The summed E-state index contributed by atoms with van der Waals surface area (Å²) in [6, 6.07) is 32.2. The number of anilines is 2. The molecule has 0 saturated carbocycles. The van der Waals surface area contributed by atoms with Crippen LogP contribution >= 0.6 is 0 Å². The molecule has 0 aliphatic rings. The highest BCUT2D eigenvalue weighted by Gasteiger charge is 2.23. The summed E-state index contributed by atoms with van der Waals surface area (Å²) in [4.78, 5) is 58.1. The lowest BCUT2D eigenvalue weighted by atomic mass is 10.0. The maximum atomic E-state index is 14.0. The molecule has 96 heavy (non-hydrogen) atoms. The van der Waals surface area contributed by atoms with E-state index in [0.717, 1.165) is 81.2 Å². The van der Waals surface area contributed by atoms with Crippen molar-refractivity contribution in [3.8, 4) is 23.3 Å². The number of carbonyl (C=O) groups excluding carboxylic acids is 3. The Morgan fingerprint density at radius 3 is 1.54 bits per heavy atom. The summed E-state index contributed by atoms with van der Waals surface area (Å²) in [5.41, 5.74) is 17.0. The van der Waals surface area contributed by atoms with E-state index in [2.05, 4.69) is 55.8 Å². The molecule has 0 radical (unpaired) electrons. The number of aromatic nitrogens is 7. The molecular weight excluding hydrogens is 1270 g/mol. The minimum Gasteiger partial charge on any atom is -0.453 e. The quantitative estimate of drug-likeness (QED) is 0.0520. The van der Waals surface area contributed by atoms with Gasteiger partial charge in [0.1, 0.15) is 23.8 Å². The van der Waals surface area contributed by atoms with Gasteiger partial charge in [-0.3, -0.25) is 14.7 Å². The number of ether oxygens (including phenoxy) is 1. The molecule has 0 spiro atoms. The van der Waals surface area contributed by atoms with Crippen LogP contribution in [-0.4, -0.2) is 91.1 Å². The summed E-state index contributed by atoms with van der Waals surface area (Å²) in [7, 11) is 5.90. The Kier molecular flexibility index (Phi) is 26.9. The molecule has 3 amide bonds. The van der Waals surface area contributed by atoms with Crippen molar-refractivity contribution in [3.63, 3.8) is 0 Å². The lowest BCUT2D eigenvalue weighted by molar-refractivity contribution is 0.0768. The molecule has 20 nitrogen and oxygen atoms in total. The summed E-state index contributed by atoms with van der Waals surface area (Å²) in [5.74, 6) is -9.18. The highest BCUT2D eigenvalue weighted by molar-refractivity contribution is 5.97. The Morgan fingerprint density at radius 1 is 0.552 bits per heavy atom. The first-order chi connectivity index (χ1) is 45.8. The normalized spacial score (nSPS) is 10.3. The molecule has 0 fully saturated rings. The van der Waals surface area contributed by atoms with Gasteiger partial charge in [-0.2, -0.15) is 20.0 Å². The second-order valence-electron chi connectivity index (χ2n) is 20.3. The summed E-state index contributed by atoms with van der Waals surface area (Å²) in [6.45, 7) is 3.00. The van der Waals surface area contributed by atoms with Crippen LogP contribution in [0.1, 0.15) is 71.3 Å². The van der Waals surface area contributed by atoms with Crippen LogP contribution in [0.3, 0.4) is 0 Å². The van der Waals surface area contributed by atoms with E-state index in [9.17, 15) is 63.5 Å². The molecule has 4 aromatic heterocycles. The lowest BCUT2D eigenvalue weighted by Gasteiger charge is -2.19. The van der Waals surface area contributed by atoms with E-state index in [0.29, 0.717) is 52.4 Å². The zero-order valence-corrected chi connectivity index (χ0v) is 51.6. The van der Waals surface area contributed by atoms with Crippen molar-refractivity contribution in [3.05, 3.63) is 260 Å². The average Bonchev–Trinajstić information content (AvgIpc) is 1.42. The molecule has 0 unspecified atom stereocenters. The van der Waals surface area contributed by atoms with Crippen LogP contribution in [0.25, 0.3) is 22.2 Å². The average molecular weight is 1330 g/mol. The number of nitriles is 2. The Morgan fingerprint density at radius 2 is 1.02 bits per heavy atom. The van der Waals surface area contributed by atoms with Gasteiger partial charge in [0.05, 0.1) is 24.9 Å². The SMILES string of the molecule is CN(Cc1ccc(F)c(F)c1)C(=O)c1nc(C#N)cnc1F.CNCc1ccc(F)c(F)c1.COC(=O)NCc1ccc(F)c(F)c1.Cc1ccc(CN(C)C(=O)c2nc(C#N)cnc2NCc2ccc(-c3cnc4n[nH]c(N)c4c3)cc2)cc1F.NCc1ccc(F)c(F)c1. The Labute approximate surface area is 542 Å². The van der Waals surface area contributed by atoms with Crippen molar-refractivity contribution in [1.29, 1.82) is 10.5 Å². The number of methoxy groups -OCH3 is 1. The van der Waals surface area contributed by atoms with E-state index in [4.69, 9.17) is 16.7 Å². The van der Waals surface area contributed by atoms with E-state index in [1.165, 1.54) is 55.6 Å². The fourth-order valence-electron chi connectivity index (χ4n) is 8.20. The first-order valence-corrected chi connectivity index (χ1v) is 28.2. The number of aryl methyl sites for hydroxylation is 1. The van der Waals surface area contributed by atoms with Gasteiger partial charge in [0.2, 0.25) is 5.95 Å². The number of fused-ring (bicyclic) bond motifs is 1. The smallest absolute Gasteiger partial charge is 0.407 e. The Hall–Kier alpha value is -11.9. The van der Waals surface area contributed by atoms with E-state index in [1.807, 2.05) is 36.4 Å². The maximum Gasteiger partial charge on any atom is 0.407 e. The molecular formula is C66H58F10N16O4. The molecule has 10 rings (SSSR count). The summed E-state index contributed by atoms with van der Waals surface area (Å²) in [5, 5.41) is 33.9. The monoisotopic (exact) mass is 1330 g/mol. The van der Waals surface area contributed by atoms with Crippen LogP contribution in [0.2, 0.25) is 0 Å². The van der Waals surface area contributed by atoms with Gasteiger partial charge in [-0.05, 0) is 119 Å². The highest BCUT2D eigenvalue weighted by Crippen LogP contribution is 2.26. The largest absolute Gasteiger partial charge is 0.453 e. The molecule has 0 saturated heterocycles. The Balaban J connectivity index is 0.000000214. The third-order valence-electron chi connectivity index (χ3n) is 13.3. The number of halogens is 10. The number of carbonyl (C=O) groups is 3. The zero-order chi connectivity index (χ0) is 70.2. The molecule has 30 heteroatoms. The Bertz CT molecular complexity index is 4460. The van der Waals surface area contributed by atoms with Crippen molar-refractivity contribution >= 4 is 40.6 Å². The summed E-state index contributed by atoms with van der Waals surface area (Å²) >= 11 is 0. The van der Waals surface area contributed by atoms with Crippen LogP contribution in [-0.2, 0) is 44.0 Å². The molecule has 0 atom stereocenters. The lowest BCUT2D eigenvalue weighted by Crippen LogP contribution is -2.28. The first-order valence-electron chi connectivity index (χ1n) is 28.2. The number of nitrogen functional groups attached to an aromatic ring is 1. The molecule has 6 aromatic carbocycles. The highest BCUT2D eigenvalue weighted by atomic mass is 19.2. The van der Waals surface area contributed by atoms with Gasteiger partial charge in [-0.15, -0.1) is 0 Å². The maximum absolute atomic E-state index is 14.0. The number of amides is 3. The van der Waals surface area contributed by atoms with Crippen LogP contribution in [0.4, 0.5) is 60.3 Å². The number of H-pyrrole nitrogens is 1. The zero-order valence-electron chi connectivity index (χ0n) is 51.6. The van der Waals surface area contributed by atoms with Gasteiger partial charge in [-0.25, -0.2) is 69.2 Å². The molecule has 0 bridgehead atoms. The van der Waals surface area contributed by atoms with Crippen LogP contribution < -0.4 is 27.4 Å². The number of hydrogen-bond acceptors (Lipinski definition) is 16. The number of rotatable bonds is 15. The molecule has 4 heterocycles. The molecule has 496 valence electrons. The number of nitrogens with two attached hydrogens (primary N) is 2. The standard InChI is InChI=1S/C28H24FN9O.C14H9F3N4O.C9H9F2NO2.C8H9F2N.C7H7F2N/c1-16-3-4-18(9-23(16)29)15-38(2)28(39)24-27(34-14-21(11-30)35-24)32-12-17-5-7-19(8-6-17)20-10-22-25(31)36-37-26(22)33-13-20;1-21(7-8-2-3-10(15)11(16)4-8)14(22)12-13(17)19-6-9(5-18)20-12;1-14-9(13)12-5-6-2-3-7(10)8(11)4-6;1-11-5-6-2-3-7(9)8(10)4-6;8-6-2-1-5(4-10)3-7(6)9/h3-10,13-14H,12,15H2,1-2H3,(H,32,34)(H3,31,33,36,37);2-4,6H,7H2,1H3;2-4H,5H2,1H3,(H,12,13);2-4,11H,5H2,1H3;1-3H,4,10H2. The fraction of sp³-hybridized carbons (Fsp3) is 0.167. The van der Waals surface area contributed by atoms with Gasteiger partial charge >= 0.3 is 6.09 Å². The van der Waals surface area contributed by atoms with Crippen LogP contribution in [0, 0.1) is 87.9 Å². The predicted octanol–water partition coefficient (Wildman–Crippen LogP) is 11.2. The molecule has 0 aliphatic heterocycles. The van der Waals surface area contributed by atoms with Gasteiger partial charge in [0, 0.05) is 65.1 Å². The van der Waals surface area contributed by atoms with Gasteiger partial charge in [0.15, 0.2) is 80.8 Å². The van der Waals surface area contributed by atoms with Gasteiger partial charge < -0.3 is 42.0 Å². The minimum absolute atomic E-state index is 0.0119. The molecule has 8 N–H and O–H groups in total. The number of hydrogen-bond donors (Lipinski definition) is 6. The van der Waals surface area contributed by atoms with Crippen molar-refractivity contribution in [2.24, 2.45) is 5.73 Å². The van der Waals surface area contributed by atoms with Gasteiger partial charge in [-0.1, -0.05) is 60.7 Å². The second kappa shape index (κ2) is 35.2. The van der Waals surface area contributed by atoms with Crippen LogP contribution in [0.15, 0.2) is 140 Å². The second-order valence-corrected chi connectivity index (χ2v) is 20.3. The molecule has 0 aliphatic carbocycles. The van der Waals surface area contributed by atoms with Crippen molar-refractivity contribution in [2.45, 2.75) is 46.2 Å². The summed E-state index contributed by atoms with van der Waals surface area (Å²) in [6.07, 6.45) is 3.33. The van der Waals surface area contributed by atoms with E-state index < -0.39 is 76.1 Å². The number of pyridine rings is 1. The van der Waals surface area contributed by atoms with Crippen molar-refractivity contribution in [1.82, 2.24) is 55.6 Å². The number of aromatic amines is 1. The number of alkyl carbamates (subject to hydrolysis) is 1. The van der Waals surface area contributed by atoms with Crippen molar-refractivity contribution in [2.75, 3.05) is 39.3 Å². The van der Waals surface area contributed by atoms with E-state index in [-0.39, 0.29) is 54.9 Å². The number of nitrogens with zero attached hydrogens (tertiary/aromatic N) is 10. The number of benzene rings is 6. The fourth-order valence-corrected chi connectivity index (χ4v) is 8.20. The molecule has 10 aromatic rings. The minimum atomic E-state index is -1.11. The van der Waals surface area contributed by atoms with Gasteiger partial charge in [0.25, 0.3) is 11.8 Å². The third-order valence-corrected chi connectivity index (χ3v) is 13.3. The first kappa shape index (κ1) is 73.2. The number of nitrogens with one attached hydrogen (secondary N) is 4. The van der Waals surface area contributed by atoms with E-state index in [1.54, 1.807) is 51.5 Å². The topological polar surface area (TPSA) is 296 Å². The van der Waals surface area contributed by atoms with Crippen LogP contribution in [0.5, 0.6) is 0 Å². The summed E-state index contributed by atoms with van der Waals surface area (Å²) < 4.78 is 132. The third kappa shape index (κ3) is 21.1. The predicted molar refractivity (Wildman–Crippen MR) is 333 cm³/mol. The van der Waals surface area contributed by atoms with E-state index >= 15 is 0 Å².